The number of hydrogen-bond donors (Lipinski definition) is 1. The van der Waals surface area contributed by atoms with E-state index >= 15 is 0 Å². The van der Waals surface area contributed by atoms with Crippen molar-refractivity contribution in [2.75, 3.05) is 5.73 Å². The molecule has 0 saturated heterocycles. The summed E-state index contributed by atoms with van der Waals surface area (Å²) in [6, 6.07) is 16.3. The van der Waals surface area contributed by atoms with Crippen molar-refractivity contribution in [2.24, 2.45) is 0 Å². The van der Waals surface area contributed by atoms with Gasteiger partial charge in [-0.1, -0.05) is 24.3 Å². The lowest BCUT2D eigenvalue weighted by molar-refractivity contribution is 0.624. The molecule has 5 heteroatoms. The van der Waals surface area contributed by atoms with E-state index in [1.807, 2.05) is 30.3 Å². The SMILES string of the molecule is Nc1cc(-c2cccc(Br)c2F)nn1-c1ccccc1. The number of nitrogens with two attached hydrogens (primary N) is 1. The predicted octanol–water partition coefficient (Wildman–Crippen LogP) is 4.02. The molecule has 0 aliphatic rings. The molecule has 1 aromatic heterocycles. The van der Waals surface area contributed by atoms with Gasteiger partial charge in [-0.05, 0) is 40.2 Å². The summed E-state index contributed by atoms with van der Waals surface area (Å²) in [5, 5.41) is 4.38. The first-order valence-electron chi connectivity index (χ1n) is 6.02. The quantitative estimate of drug-likeness (QED) is 0.770. The normalized spacial score (nSPS) is 10.7. The van der Waals surface area contributed by atoms with Crippen LogP contribution in [0, 0.1) is 5.82 Å². The molecule has 2 aromatic carbocycles. The van der Waals surface area contributed by atoms with Crippen molar-refractivity contribution >= 4 is 21.7 Å². The van der Waals surface area contributed by atoms with Crippen LogP contribution in [-0.2, 0) is 0 Å². The Balaban J connectivity index is 2.12. The third-order valence-electron chi connectivity index (χ3n) is 2.97. The Hall–Kier alpha value is -2.14. The first-order valence-corrected chi connectivity index (χ1v) is 6.81. The van der Waals surface area contributed by atoms with E-state index < -0.39 is 0 Å². The summed E-state index contributed by atoms with van der Waals surface area (Å²) in [6.07, 6.45) is 0. The number of aromatic nitrogens is 2. The topological polar surface area (TPSA) is 43.8 Å². The molecule has 0 atom stereocenters. The fourth-order valence-electron chi connectivity index (χ4n) is 2.00. The van der Waals surface area contributed by atoms with Crippen LogP contribution in [0.3, 0.4) is 0 Å². The van der Waals surface area contributed by atoms with Crippen LogP contribution in [0.5, 0.6) is 0 Å². The highest BCUT2D eigenvalue weighted by atomic mass is 79.9. The maximum atomic E-state index is 14.1. The predicted molar refractivity (Wildman–Crippen MR) is 81.1 cm³/mol. The summed E-state index contributed by atoms with van der Waals surface area (Å²) in [4.78, 5) is 0. The van der Waals surface area contributed by atoms with Crippen molar-refractivity contribution in [3.63, 3.8) is 0 Å². The number of hydrogen-bond acceptors (Lipinski definition) is 2. The Morgan fingerprint density at radius 1 is 1.05 bits per heavy atom. The van der Waals surface area contributed by atoms with Crippen LogP contribution < -0.4 is 5.73 Å². The number of para-hydroxylation sites is 1. The second-order valence-electron chi connectivity index (χ2n) is 4.30. The van der Waals surface area contributed by atoms with Gasteiger partial charge in [0.25, 0.3) is 0 Å². The van der Waals surface area contributed by atoms with Gasteiger partial charge in [0.1, 0.15) is 11.6 Å². The molecule has 0 aliphatic carbocycles. The number of rotatable bonds is 2. The number of anilines is 1. The molecule has 0 radical (unpaired) electrons. The van der Waals surface area contributed by atoms with Crippen LogP contribution in [0.15, 0.2) is 59.1 Å². The summed E-state index contributed by atoms with van der Waals surface area (Å²) in [6.45, 7) is 0. The summed E-state index contributed by atoms with van der Waals surface area (Å²) in [5.74, 6) is 0.121. The van der Waals surface area contributed by atoms with Gasteiger partial charge in [0.15, 0.2) is 0 Å². The lowest BCUT2D eigenvalue weighted by Gasteiger charge is -2.03. The average Bonchev–Trinajstić information content (AvgIpc) is 2.85. The average molecular weight is 332 g/mol. The summed E-state index contributed by atoms with van der Waals surface area (Å²) >= 11 is 3.17. The lowest BCUT2D eigenvalue weighted by Crippen LogP contribution is -2.01. The largest absolute Gasteiger partial charge is 0.384 e. The highest BCUT2D eigenvalue weighted by molar-refractivity contribution is 9.10. The Kier molecular flexibility index (Phi) is 3.28. The zero-order valence-electron chi connectivity index (χ0n) is 10.4. The van der Waals surface area contributed by atoms with Gasteiger partial charge in [0, 0.05) is 11.6 Å². The smallest absolute Gasteiger partial charge is 0.146 e. The Morgan fingerprint density at radius 2 is 1.80 bits per heavy atom. The van der Waals surface area contributed by atoms with Gasteiger partial charge >= 0.3 is 0 Å². The van der Waals surface area contributed by atoms with Gasteiger partial charge in [0.05, 0.1) is 15.9 Å². The van der Waals surface area contributed by atoms with Gasteiger partial charge in [-0.2, -0.15) is 5.10 Å². The van der Waals surface area contributed by atoms with Crippen molar-refractivity contribution in [1.29, 1.82) is 0 Å². The van der Waals surface area contributed by atoms with Gasteiger partial charge in [-0.15, -0.1) is 0 Å². The Bertz CT molecular complexity index is 753. The van der Waals surface area contributed by atoms with Crippen molar-refractivity contribution < 1.29 is 4.39 Å². The molecular formula is C15H11BrFN3. The molecule has 3 aromatic rings. The Morgan fingerprint density at radius 3 is 2.55 bits per heavy atom. The van der Waals surface area contributed by atoms with Crippen LogP contribution in [-0.4, -0.2) is 9.78 Å². The zero-order valence-corrected chi connectivity index (χ0v) is 12.0. The second-order valence-corrected chi connectivity index (χ2v) is 5.16. The number of nitrogen functional groups attached to an aromatic ring is 1. The number of nitrogens with zero attached hydrogens (tertiary/aromatic N) is 2. The summed E-state index contributed by atoms with van der Waals surface area (Å²) in [7, 11) is 0. The molecule has 0 bridgehead atoms. The first-order chi connectivity index (χ1) is 9.66. The van der Waals surface area contributed by atoms with Gasteiger partial charge in [-0.25, -0.2) is 9.07 Å². The molecule has 20 heavy (non-hydrogen) atoms. The van der Waals surface area contributed by atoms with Crippen molar-refractivity contribution in [3.8, 4) is 16.9 Å². The van der Waals surface area contributed by atoms with Crippen LogP contribution in [0.25, 0.3) is 16.9 Å². The lowest BCUT2D eigenvalue weighted by atomic mass is 10.1. The summed E-state index contributed by atoms with van der Waals surface area (Å²) in [5.41, 5.74) is 7.73. The first kappa shape index (κ1) is 12.9. The van der Waals surface area contributed by atoms with Crippen LogP contribution in [0.4, 0.5) is 10.2 Å². The maximum Gasteiger partial charge on any atom is 0.146 e. The Labute approximate surface area is 124 Å². The van der Waals surface area contributed by atoms with Crippen molar-refractivity contribution in [3.05, 3.63) is 64.9 Å². The molecule has 2 N–H and O–H groups in total. The molecule has 3 rings (SSSR count). The minimum Gasteiger partial charge on any atom is -0.384 e. The molecule has 0 unspecified atom stereocenters. The van der Waals surface area contributed by atoms with Crippen LogP contribution in [0.2, 0.25) is 0 Å². The molecule has 0 aliphatic heterocycles. The van der Waals surface area contributed by atoms with Gasteiger partial charge in [0.2, 0.25) is 0 Å². The molecule has 1 heterocycles. The van der Waals surface area contributed by atoms with E-state index in [1.54, 1.807) is 28.9 Å². The fourth-order valence-corrected chi connectivity index (χ4v) is 2.37. The van der Waals surface area contributed by atoms with Crippen LogP contribution >= 0.6 is 15.9 Å². The monoisotopic (exact) mass is 331 g/mol. The third-order valence-corrected chi connectivity index (χ3v) is 3.58. The standard InChI is InChI=1S/C15H11BrFN3/c16-12-8-4-7-11(15(12)17)13-9-14(18)20(19-13)10-5-2-1-3-6-10/h1-9H,18H2. The molecule has 0 amide bonds. The molecule has 0 saturated carbocycles. The fraction of sp³-hybridized carbons (Fsp3) is 0. The molecule has 0 spiro atoms. The van der Waals surface area contributed by atoms with E-state index in [9.17, 15) is 4.39 Å². The number of benzene rings is 2. The highest BCUT2D eigenvalue weighted by Gasteiger charge is 2.13. The minimum atomic E-state index is -0.342. The van der Waals surface area contributed by atoms with Crippen molar-refractivity contribution in [2.45, 2.75) is 0 Å². The van der Waals surface area contributed by atoms with Gasteiger partial charge < -0.3 is 5.73 Å². The van der Waals surface area contributed by atoms with E-state index in [0.29, 0.717) is 21.5 Å². The molecule has 100 valence electrons. The zero-order chi connectivity index (χ0) is 14.1. The second kappa shape index (κ2) is 5.09. The van der Waals surface area contributed by atoms with E-state index in [-0.39, 0.29) is 5.82 Å². The van der Waals surface area contributed by atoms with Crippen LogP contribution in [0.1, 0.15) is 0 Å². The highest BCUT2D eigenvalue weighted by Crippen LogP contribution is 2.28. The number of halogens is 2. The third kappa shape index (κ3) is 2.20. The van der Waals surface area contributed by atoms with E-state index in [1.165, 1.54) is 0 Å². The molecule has 3 nitrogen and oxygen atoms in total. The minimum absolute atomic E-state index is 0.342. The van der Waals surface area contributed by atoms with Gasteiger partial charge in [-0.3, -0.25) is 0 Å². The van der Waals surface area contributed by atoms with E-state index in [4.69, 9.17) is 5.73 Å². The van der Waals surface area contributed by atoms with Crippen molar-refractivity contribution in [1.82, 2.24) is 9.78 Å². The molecule has 0 fully saturated rings. The summed E-state index contributed by atoms with van der Waals surface area (Å²) < 4.78 is 16.1. The maximum absolute atomic E-state index is 14.1. The van der Waals surface area contributed by atoms with E-state index in [2.05, 4.69) is 21.0 Å². The van der Waals surface area contributed by atoms with E-state index in [0.717, 1.165) is 5.69 Å². The molecular weight excluding hydrogens is 321 g/mol.